The van der Waals surface area contributed by atoms with Gasteiger partial charge in [-0.2, -0.15) is 5.26 Å². The van der Waals surface area contributed by atoms with Crippen LogP contribution in [0, 0.1) is 29.0 Å². The lowest BCUT2D eigenvalue weighted by Gasteiger charge is -2.44. The average Bonchev–Trinajstić information content (AvgIpc) is 2.62. The Morgan fingerprint density at radius 2 is 1.75 bits per heavy atom. The van der Waals surface area contributed by atoms with E-state index >= 15 is 0 Å². The minimum absolute atomic E-state index is 0.232. The summed E-state index contributed by atoms with van der Waals surface area (Å²) < 4.78 is 14.2. The topological polar surface area (TPSA) is 27.0 Å². The van der Waals surface area contributed by atoms with Crippen LogP contribution in [0.4, 0.5) is 4.39 Å². The van der Waals surface area contributed by atoms with E-state index in [2.05, 4.69) is 24.8 Å². The smallest absolute Gasteiger partial charge is 0.128 e. The second kappa shape index (κ2) is 7.23. The van der Waals surface area contributed by atoms with Gasteiger partial charge in [-0.1, -0.05) is 32.0 Å². The largest absolute Gasteiger partial charge is 0.300 e. The summed E-state index contributed by atoms with van der Waals surface area (Å²) in [5.74, 6) is 1.44. The summed E-state index contributed by atoms with van der Waals surface area (Å²) in [4.78, 5) is 2.56. The summed E-state index contributed by atoms with van der Waals surface area (Å²) in [6.45, 7) is 6.50. The molecule has 0 aromatic heterocycles. The summed E-state index contributed by atoms with van der Waals surface area (Å²) in [7, 11) is 0. The molecule has 1 saturated carbocycles. The van der Waals surface area contributed by atoms with Crippen LogP contribution in [0.3, 0.4) is 0 Å². The van der Waals surface area contributed by atoms with E-state index in [0.717, 1.165) is 37.8 Å². The fourth-order valence-corrected chi connectivity index (χ4v) is 4.69. The van der Waals surface area contributed by atoms with Crippen molar-refractivity contribution in [2.45, 2.75) is 63.8 Å². The molecular weight excluding hydrogens is 299 g/mol. The lowest BCUT2D eigenvalue weighted by atomic mass is 9.72. The molecule has 2 fully saturated rings. The summed E-state index contributed by atoms with van der Waals surface area (Å²) in [5.41, 5.74) is -0.0487. The molecule has 24 heavy (non-hydrogen) atoms. The standard InChI is InChI=1S/C21H29FN2/c1-16(2)17-7-9-18(10-8-17)24-13-11-21(15-23,12-14-24)19-5-3-4-6-20(19)22/h3-6,16-18H,7-14H2,1-2H3. The highest BCUT2D eigenvalue weighted by Crippen LogP contribution is 2.39. The van der Waals surface area contributed by atoms with E-state index in [1.54, 1.807) is 12.1 Å². The second-order valence-corrected chi connectivity index (χ2v) is 8.02. The molecule has 2 nitrogen and oxygen atoms in total. The van der Waals surface area contributed by atoms with E-state index in [1.807, 2.05) is 6.07 Å². The molecule has 0 amide bonds. The normalized spacial score (nSPS) is 27.8. The Labute approximate surface area is 145 Å². The van der Waals surface area contributed by atoms with Gasteiger partial charge in [0.25, 0.3) is 0 Å². The van der Waals surface area contributed by atoms with Crippen LogP contribution in [0.2, 0.25) is 0 Å². The molecular formula is C21H29FN2. The first-order valence-corrected chi connectivity index (χ1v) is 9.46. The second-order valence-electron chi connectivity index (χ2n) is 8.02. The zero-order valence-corrected chi connectivity index (χ0v) is 15.0. The molecule has 3 rings (SSSR count). The van der Waals surface area contributed by atoms with Crippen LogP contribution in [0.5, 0.6) is 0 Å². The van der Waals surface area contributed by atoms with Crippen molar-refractivity contribution in [3.8, 4) is 6.07 Å². The molecule has 0 radical (unpaired) electrons. The van der Waals surface area contributed by atoms with Gasteiger partial charge < -0.3 is 4.90 Å². The maximum Gasteiger partial charge on any atom is 0.128 e. The minimum atomic E-state index is -0.642. The predicted molar refractivity (Wildman–Crippen MR) is 95.1 cm³/mol. The van der Waals surface area contributed by atoms with Crippen LogP contribution >= 0.6 is 0 Å². The van der Waals surface area contributed by atoms with E-state index in [0.29, 0.717) is 11.6 Å². The first kappa shape index (κ1) is 17.4. The van der Waals surface area contributed by atoms with Crippen LogP contribution in [-0.2, 0) is 5.41 Å². The third kappa shape index (κ3) is 3.35. The van der Waals surface area contributed by atoms with Gasteiger partial charge >= 0.3 is 0 Å². The van der Waals surface area contributed by atoms with Gasteiger partial charge in [-0.15, -0.1) is 0 Å². The maximum atomic E-state index is 14.2. The molecule has 0 atom stereocenters. The fraction of sp³-hybridized carbons (Fsp3) is 0.667. The number of benzene rings is 1. The molecule has 0 bridgehead atoms. The van der Waals surface area contributed by atoms with Crippen molar-refractivity contribution in [3.05, 3.63) is 35.6 Å². The summed E-state index contributed by atoms with van der Waals surface area (Å²) in [6.07, 6.45) is 6.71. The number of nitrogens with zero attached hydrogens (tertiary/aromatic N) is 2. The van der Waals surface area contributed by atoms with E-state index < -0.39 is 5.41 Å². The average molecular weight is 328 g/mol. The quantitative estimate of drug-likeness (QED) is 0.789. The highest BCUT2D eigenvalue weighted by Gasteiger charge is 2.40. The van der Waals surface area contributed by atoms with Gasteiger partial charge in [0.2, 0.25) is 0 Å². The summed E-state index contributed by atoms with van der Waals surface area (Å²) in [5, 5.41) is 9.78. The Morgan fingerprint density at radius 1 is 1.12 bits per heavy atom. The van der Waals surface area contributed by atoms with Crippen molar-refractivity contribution in [1.82, 2.24) is 4.90 Å². The van der Waals surface area contributed by atoms with Gasteiger partial charge in [0.1, 0.15) is 5.82 Å². The van der Waals surface area contributed by atoms with Gasteiger partial charge in [-0.05, 0) is 56.4 Å². The molecule has 1 heterocycles. The zero-order chi connectivity index (χ0) is 17.2. The number of nitriles is 1. The number of rotatable bonds is 3. The van der Waals surface area contributed by atoms with Crippen LogP contribution in [0.25, 0.3) is 0 Å². The van der Waals surface area contributed by atoms with Crippen molar-refractivity contribution < 1.29 is 4.39 Å². The van der Waals surface area contributed by atoms with Gasteiger partial charge in [-0.25, -0.2) is 4.39 Å². The number of piperidine rings is 1. The van der Waals surface area contributed by atoms with Crippen molar-refractivity contribution >= 4 is 0 Å². The molecule has 1 aromatic carbocycles. The van der Waals surface area contributed by atoms with Crippen molar-refractivity contribution in [2.24, 2.45) is 11.8 Å². The minimum Gasteiger partial charge on any atom is -0.300 e. The third-order valence-corrected chi connectivity index (χ3v) is 6.46. The monoisotopic (exact) mass is 328 g/mol. The molecule has 2 aliphatic rings. The van der Waals surface area contributed by atoms with E-state index in [9.17, 15) is 9.65 Å². The van der Waals surface area contributed by atoms with Crippen LogP contribution in [-0.4, -0.2) is 24.0 Å². The SMILES string of the molecule is CC(C)C1CCC(N2CCC(C#N)(c3ccccc3F)CC2)CC1. The van der Waals surface area contributed by atoms with Crippen molar-refractivity contribution in [2.75, 3.05) is 13.1 Å². The van der Waals surface area contributed by atoms with Crippen molar-refractivity contribution in [3.63, 3.8) is 0 Å². The first-order chi connectivity index (χ1) is 11.6. The summed E-state index contributed by atoms with van der Waals surface area (Å²) >= 11 is 0. The Morgan fingerprint density at radius 3 is 2.29 bits per heavy atom. The number of likely N-dealkylation sites (tertiary alicyclic amines) is 1. The molecule has 0 unspecified atom stereocenters. The predicted octanol–water partition coefficient (Wildman–Crippen LogP) is 4.90. The molecule has 130 valence electrons. The van der Waals surface area contributed by atoms with Crippen LogP contribution in [0.15, 0.2) is 24.3 Å². The molecule has 1 saturated heterocycles. The zero-order valence-electron chi connectivity index (χ0n) is 15.0. The van der Waals surface area contributed by atoms with Gasteiger partial charge in [0.15, 0.2) is 0 Å². The van der Waals surface area contributed by atoms with Crippen LogP contribution in [0.1, 0.15) is 57.9 Å². The first-order valence-electron chi connectivity index (χ1n) is 9.46. The van der Waals surface area contributed by atoms with E-state index in [1.165, 1.54) is 31.7 Å². The number of hydrogen-bond donors (Lipinski definition) is 0. The molecule has 0 N–H and O–H groups in total. The highest BCUT2D eigenvalue weighted by molar-refractivity contribution is 5.34. The molecule has 0 spiro atoms. The van der Waals surface area contributed by atoms with Gasteiger partial charge in [0.05, 0.1) is 11.5 Å². The Balaban J connectivity index is 1.63. The molecule has 1 aromatic rings. The molecule has 1 aliphatic carbocycles. The summed E-state index contributed by atoms with van der Waals surface area (Å²) in [6, 6.07) is 9.94. The van der Waals surface area contributed by atoms with Gasteiger partial charge in [0, 0.05) is 24.7 Å². The highest BCUT2D eigenvalue weighted by atomic mass is 19.1. The third-order valence-electron chi connectivity index (χ3n) is 6.46. The molecule has 3 heteroatoms. The fourth-order valence-electron chi connectivity index (χ4n) is 4.69. The lowest BCUT2D eigenvalue weighted by Crippen LogP contribution is -2.48. The number of hydrogen-bond acceptors (Lipinski definition) is 2. The lowest BCUT2D eigenvalue weighted by molar-refractivity contribution is 0.0868. The van der Waals surface area contributed by atoms with Crippen molar-refractivity contribution in [1.29, 1.82) is 5.26 Å². The van der Waals surface area contributed by atoms with Gasteiger partial charge in [-0.3, -0.25) is 0 Å². The van der Waals surface area contributed by atoms with E-state index in [-0.39, 0.29) is 5.82 Å². The Hall–Kier alpha value is -1.40. The Kier molecular flexibility index (Phi) is 5.25. The van der Waals surface area contributed by atoms with Crippen LogP contribution < -0.4 is 0 Å². The Bertz CT molecular complexity index is 588. The van der Waals surface area contributed by atoms with E-state index in [4.69, 9.17) is 0 Å². The molecule has 1 aliphatic heterocycles. The number of halogens is 1. The maximum absolute atomic E-state index is 14.2.